The third-order valence-corrected chi connectivity index (χ3v) is 4.36. The number of phenols is 2. The predicted molar refractivity (Wildman–Crippen MR) is 89.2 cm³/mol. The first-order valence-corrected chi connectivity index (χ1v) is 7.84. The molecule has 2 aromatic rings. The molecule has 1 aromatic carbocycles. The fraction of sp³-hybridized carbons (Fsp3) is 0.188. The molecule has 1 aromatic heterocycles. The van der Waals surface area contributed by atoms with E-state index in [0.29, 0.717) is 11.3 Å². The molecule has 0 saturated heterocycles. The van der Waals surface area contributed by atoms with Crippen molar-refractivity contribution in [2.75, 3.05) is 11.5 Å². The Hall–Kier alpha value is -2.94. The first kappa shape index (κ1) is 17.4. The molecule has 0 fully saturated rings. The Labute approximate surface area is 142 Å². The van der Waals surface area contributed by atoms with E-state index in [1.165, 1.54) is 18.2 Å². The number of aliphatic hydroxyl groups excluding tert-OH is 1. The normalized spacial score (nSPS) is 11.5. The lowest BCUT2D eigenvalue weighted by Crippen LogP contribution is -2.07. The first-order chi connectivity index (χ1) is 11.4. The van der Waals surface area contributed by atoms with Crippen LogP contribution in [0.15, 0.2) is 23.2 Å². The van der Waals surface area contributed by atoms with Gasteiger partial charge in [0, 0.05) is 11.3 Å². The summed E-state index contributed by atoms with van der Waals surface area (Å²) in [6.07, 6.45) is -0.610. The minimum Gasteiger partial charge on any atom is -0.504 e. The fourth-order valence-electron chi connectivity index (χ4n) is 2.07. The van der Waals surface area contributed by atoms with Gasteiger partial charge in [0.25, 0.3) is 0 Å². The molecule has 0 aliphatic rings. The Morgan fingerprint density at radius 1 is 1.21 bits per heavy atom. The van der Waals surface area contributed by atoms with Crippen molar-refractivity contribution in [2.24, 2.45) is 0 Å². The molecule has 7 nitrogen and oxygen atoms in total. The number of nitriles is 2. The van der Waals surface area contributed by atoms with Crippen LogP contribution in [0.1, 0.15) is 18.1 Å². The largest absolute Gasteiger partial charge is 0.504 e. The van der Waals surface area contributed by atoms with Gasteiger partial charge in [-0.15, -0.1) is 11.8 Å². The number of anilines is 1. The van der Waals surface area contributed by atoms with E-state index in [9.17, 15) is 25.8 Å². The van der Waals surface area contributed by atoms with Crippen LogP contribution < -0.4 is 5.73 Å². The van der Waals surface area contributed by atoms with Crippen LogP contribution in [0.4, 0.5) is 5.82 Å². The molecule has 24 heavy (non-hydrogen) atoms. The number of nitrogens with two attached hydrogens (primary N) is 1. The van der Waals surface area contributed by atoms with Crippen LogP contribution in [0, 0.1) is 22.7 Å². The molecule has 0 aliphatic heterocycles. The van der Waals surface area contributed by atoms with Crippen molar-refractivity contribution in [1.29, 1.82) is 10.5 Å². The summed E-state index contributed by atoms with van der Waals surface area (Å²) in [4.78, 5) is 4.09. The monoisotopic (exact) mass is 342 g/mol. The predicted octanol–water partition coefficient (Wildman–Crippen LogP) is 1.96. The maximum Gasteiger partial charge on any atom is 0.158 e. The SMILES string of the molecule is CC(O)CSc1nc(N)c(C#N)c(-c2ccc(O)c(O)c2)c1C#N. The number of aliphatic hydroxyl groups is 1. The Morgan fingerprint density at radius 3 is 2.42 bits per heavy atom. The molecule has 8 heteroatoms. The summed E-state index contributed by atoms with van der Waals surface area (Å²) in [5.41, 5.74) is 6.56. The highest BCUT2D eigenvalue weighted by atomic mass is 32.2. The molecule has 1 heterocycles. The second kappa shape index (κ2) is 7.09. The van der Waals surface area contributed by atoms with Crippen LogP contribution in [0.3, 0.4) is 0 Å². The number of phenolic OH excluding ortho intramolecular Hbond substituents is 2. The van der Waals surface area contributed by atoms with Crippen LogP contribution in [-0.2, 0) is 0 Å². The van der Waals surface area contributed by atoms with Crippen molar-refractivity contribution < 1.29 is 15.3 Å². The van der Waals surface area contributed by atoms with E-state index in [4.69, 9.17) is 5.73 Å². The third-order valence-electron chi connectivity index (χ3n) is 3.14. The van der Waals surface area contributed by atoms with Gasteiger partial charge >= 0.3 is 0 Å². The highest BCUT2D eigenvalue weighted by molar-refractivity contribution is 7.99. The zero-order chi connectivity index (χ0) is 17.9. The lowest BCUT2D eigenvalue weighted by molar-refractivity contribution is 0.220. The standard InChI is InChI=1S/C16H14N4O3S/c1-8(21)7-24-16-11(6-18)14(10(5-17)15(19)20-16)9-2-3-12(22)13(23)4-9/h2-4,8,21-23H,7H2,1H3,(H2,19,20). The Morgan fingerprint density at radius 2 is 1.88 bits per heavy atom. The molecule has 0 radical (unpaired) electrons. The van der Waals surface area contributed by atoms with E-state index in [1.807, 2.05) is 12.1 Å². The number of pyridine rings is 1. The van der Waals surface area contributed by atoms with E-state index in [0.717, 1.165) is 11.8 Å². The van der Waals surface area contributed by atoms with Gasteiger partial charge in [0.2, 0.25) is 0 Å². The average molecular weight is 342 g/mol. The minimum atomic E-state index is -0.610. The Kier molecular flexibility index (Phi) is 5.14. The van der Waals surface area contributed by atoms with Gasteiger partial charge in [0.15, 0.2) is 11.5 Å². The summed E-state index contributed by atoms with van der Waals surface area (Å²) >= 11 is 1.14. The number of aromatic hydroxyl groups is 2. The van der Waals surface area contributed by atoms with Crippen molar-refractivity contribution in [2.45, 2.75) is 18.1 Å². The molecule has 0 saturated carbocycles. The van der Waals surface area contributed by atoms with Crippen molar-refractivity contribution >= 4 is 17.6 Å². The smallest absolute Gasteiger partial charge is 0.158 e. The summed E-state index contributed by atoms with van der Waals surface area (Å²) < 4.78 is 0. The average Bonchev–Trinajstić information content (AvgIpc) is 2.54. The summed E-state index contributed by atoms with van der Waals surface area (Å²) in [6, 6.07) is 7.90. The Balaban J connectivity index is 2.74. The Bertz CT molecular complexity index is 869. The van der Waals surface area contributed by atoms with E-state index in [-0.39, 0.29) is 39.0 Å². The number of hydrogen-bond donors (Lipinski definition) is 4. The summed E-state index contributed by atoms with van der Waals surface area (Å²) in [5, 5.41) is 47.8. The third kappa shape index (κ3) is 3.35. The van der Waals surface area contributed by atoms with Gasteiger partial charge < -0.3 is 21.1 Å². The van der Waals surface area contributed by atoms with E-state index in [1.54, 1.807) is 6.92 Å². The van der Waals surface area contributed by atoms with Gasteiger partial charge in [0.05, 0.1) is 11.7 Å². The first-order valence-electron chi connectivity index (χ1n) is 6.85. The second-order valence-electron chi connectivity index (χ2n) is 5.01. The molecule has 5 N–H and O–H groups in total. The minimum absolute atomic E-state index is 0.0121. The quantitative estimate of drug-likeness (QED) is 0.487. The molecule has 0 spiro atoms. The van der Waals surface area contributed by atoms with Crippen LogP contribution in [0.25, 0.3) is 11.1 Å². The second-order valence-corrected chi connectivity index (χ2v) is 6.02. The van der Waals surface area contributed by atoms with Crippen molar-refractivity contribution in [3.63, 3.8) is 0 Å². The fourth-order valence-corrected chi connectivity index (χ4v) is 2.92. The highest BCUT2D eigenvalue weighted by Crippen LogP contribution is 2.38. The van der Waals surface area contributed by atoms with E-state index < -0.39 is 6.10 Å². The van der Waals surface area contributed by atoms with Crippen LogP contribution in [0.5, 0.6) is 11.5 Å². The lowest BCUT2D eigenvalue weighted by Gasteiger charge is -2.14. The highest BCUT2D eigenvalue weighted by Gasteiger charge is 2.21. The molecule has 1 unspecified atom stereocenters. The van der Waals surface area contributed by atoms with Crippen LogP contribution in [-0.4, -0.2) is 32.2 Å². The van der Waals surface area contributed by atoms with Crippen LogP contribution >= 0.6 is 11.8 Å². The molecule has 2 rings (SSSR count). The van der Waals surface area contributed by atoms with Gasteiger partial charge in [-0.25, -0.2) is 4.98 Å². The van der Waals surface area contributed by atoms with Crippen LogP contribution in [0.2, 0.25) is 0 Å². The van der Waals surface area contributed by atoms with Crippen molar-refractivity contribution in [3.8, 4) is 34.8 Å². The number of nitrogen functional groups attached to an aromatic ring is 1. The maximum atomic E-state index is 9.70. The number of thioether (sulfide) groups is 1. The topological polar surface area (TPSA) is 147 Å². The van der Waals surface area contributed by atoms with Gasteiger partial charge in [-0.05, 0) is 24.6 Å². The van der Waals surface area contributed by atoms with E-state index in [2.05, 4.69) is 4.98 Å². The van der Waals surface area contributed by atoms with Gasteiger partial charge in [-0.3, -0.25) is 0 Å². The van der Waals surface area contributed by atoms with Gasteiger partial charge in [-0.2, -0.15) is 10.5 Å². The number of aromatic nitrogens is 1. The van der Waals surface area contributed by atoms with Gasteiger partial charge in [0.1, 0.15) is 28.5 Å². The summed E-state index contributed by atoms with van der Waals surface area (Å²) in [6.45, 7) is 1.60. The van der Waals surface area contributed by atoms with E-state index >= 15 is 0 Å². The molecule has 0 amide bonds. The van der Waals surface area contributed by atoms with Gasteiger partial charge in [-0.1, -0.05) is 6.07 Å². The molecular weight excluding hydrogens is 328 g/mol. The lowest BCUT2D eigenvalue weighted by atomic mass is 9.96. The molecule has 0 aliphatic carbocycles. The van der Waals surface area contributed by atoms with Crippen molar-refractivity contribution in [3.05, 3.63) is 29.3 Å². The zero-order valence-corrected chi connectivity index (χ0v) is 13.5. The summed E-state index contributed by atoms with van der Waals surface area (Å²) in [7, 11) is 0. The number of rotatable bonds is 4. The molecule has 1 atom stereocenters. The number of nitrogens with zero attached hydrogens (tertiary/aromatic N) is 3. The van der Waals surface area contributed by atoms with Crippen molar-refractivity contribution in [1.82, 2.24) is 4.98 Å². The molecular formula is C16H14N4O3S. The zero-order valence-electron chi connectivity index (χ0n) is 12.7. The number of benzene rings is 1. The number of hydrogen-bond acceptors (Lipinski definition) is 8. The molecule has 0 bridgehead atoms. The summed E-state index contributed by atoms with van der Waals surface area (Å²) in [5.74, 6) is -0.449. The maximum absolute atomic E-state index is 9.70. The molecule has 122 valence electrons.